The summed E-state index contributed by atoms with van der Waals surface area (Å²) in [4.78, 5) is 10.2. The first-order valence-corrected chi connectivity index (χ1v) is 3.13. The van der Waals surface area contributed by atoms with Gasteiger partial charge in [-0.1, -0.05) is 6.92 Å². The number of nitrogens with two attached hydrogens (primary N) is 1. The number of primary amides is 1. The Kier molecular flexibility index (Phi) is 4.05. The van der Waals surface area contributed by atoms with Crippen LogP contribution >= 0.6 is 0 Å². The predicted molar refractivity (Wildman–Crippen MR) is 37.0 cm³/mol. The van der Waals surface area contributed by atoms with Crippen molar-refractivity contribution in [2.24, 2.45) is 5.73 Å². The zero-order valence-corrected chi connectivity index (χ0v) is 5.92. The standard InChI is InChI=1S/C6H11N3O/c1-2-5(3-4-7)9-6(8)10/h5H,2-3H2,1H3,(H3,8,9,10). The van der Waals surface area contributed by atoms with Gasteiger partial charge in [-0.25, -0.2) is 4.79 Å². The van der Waals surface area contributed by atoms with E-state index >= 15 is 0 Å². The van der Waals surface area contributed by atoms with E-state index in [0.29, 0.717) is 6.42 Å². The average molecular weight is 141 g/mol. The normalized spacial score (nSPS) is 11.6. The van der Waals surface area contributed by atoms with Crippen LogP contribution in [-0.2, 0) is 0 Å². The average Bonchev–Trinajstić information content (AvgIpc) is 1.86. The third-order valence-electron chi connectivity index (χ3n) is 1.18. The Hall–Kier alpha value is -1.24. The summed E-state index contributed by atoms with van der Waals surface area (Å²) in [5, 5.41) is 10.7. The molecule has 0 radical (unpaired) electrons. The van der Waals surface area contributed by atoms with Crippen molar-refractivity contribution in [3.63, 3.8) is 0 Å². The van der Waals surface area contributed by atoms with E-state index in [1.165, 1.54) is 0 Å². The van der Waals surface area contributed by atoms with Crippen LogP contribution in [0.25, 0.3) is 0 Å². The first kappa shape index (κ1) is 8.76. The molecule has 0 aliphatic carbocycles. The second kappa shape index (κ2) is 4.62. The van der Waals surface area contributed by atoms with Gasteiger partial charge in [0.2, 0.25) is 0 Å². The van der Waals surface area contributed by atoms with Gasteiger partial charge in [-0.2, -0.15) is 5.26 Å². The Morgan fingerprint density at radius 2 is 2.50 bits per heavy atom. The third kappa shape index (κ3) is 3.72. The minimum absolute atomic E-state index is 0.0949. The van der Waals surface area contributed by atoms with Gasteiger partial charge in [0.25, 0.3) is 0 Å². The van der Waals surface area contributed by atoms with Crippen molar-refractivity contribution in [3.05, 3.63) is 0 Å². The maximum atomic E-state index is 10.2. The lowest BCUT2D eigenvalue weighted by Gasteiger charge is -2.09. The SMILES string of the molecule is CCC(CC#N)NC(N)=O. The highest BCUT2D eigenvalue weighted by molar-refractivity contribution is 5.71. The molecule has 0 rings (SSSR count). The number of urea groups is 1. The molecular formula is C6H11N3O. The monoisotopic (exact) mass is 141 g/mol. The van der Waals surface area contributed by atoms with E-state index in [4.69, 9.17) is 11.0 Å². The number of hydrogen-bond acceptors (Lipinski definition) is 2. The van der Waals surface area contributed by atoms with Crippen molar-refractivity contribution in [3.8, 4) is 6.07 Å². The van der Waals surface area contributed by atoms with Crippen LogP contribution in [0.2, 0.25) is 0 Å². The Morgan fingerprint density at radius 1 is 1.90 bits per heavy atom. The fourth-order valence-corrected chi connectivity index (χ4v) is 0.609. The summed E-state index contributed by atoms with van der Waals surface area (Å²) in [7, 11) is 0. The molecule has 1 atom stereocenters. The molecule has 0 saturated carbocycles. The molecule has 0 fully saturated rings. The van der Waals surface area contributed by atoms with Gasteiger partial charge in [-0.3, -0.25) is 0 Å². The maximum Gasteiger partial charge on any atom is 0.312 e. The molecule has 4 heteroatoms. The third-order valence-corrected chi connectivity index (χ3v) is 1.18. The first-order valence-electron chi connectivity index (χ1n) is 3.13. The van der Waals surface area contributed by atoms with Gasteiger partial charge in [-0.05, 0) is 6.42 Å². The van der Waals surface area contributed by atoms with Crippen LogP contribution in [-0.4, -0.2) is 12.1 Å². The fraction of sp³-hybridized carbons (Fsp3) is 0.667. The van der Waals surface area contributed by atoms with Crippen LogP contribution in [0, 0.1) is 11.3 Å². The number of amides is 2. The van der Waals surface area contributed by atoms with E-state index in [2.05, 4.69) is 5.32 Å². The van der Waals surface area contributed by atoms with Crippen molar-refractivity contribution in [2.75, 3.05) is 0 Å². The number of nitriles is 1. The molecule has 2 amide bonds. The lowest BCUT2D eigenvalue weighted by atomic mass is 10.2. The van der Waals surface area contributed by atoms with Crippen LogP contribution in [0.15, 0.2) is 0 Å². The molecule has 0 aliphatic rings. The zero-order chi connectivity index (χ0) is 7.98. The number of carbonyl (C=O) groups excluding carboxylic acids is 1. The molecular weight excluding hydrogens is 130 g/mol. The number of rotatable bonds is 3. The van der Waals surface area contributed by atoms with Crippen molar-refractivity contribution >= 4 is 6.03 Å². The second-order valence-electron chi connectivity index (χ2n) is 1.98. The predicted octanol–water partition coefficient (Wildman–Crippen LogP) is 0.347. The molecule has 0 saturated heterocycles. The number of carbonyl (C=O) groups is 1. The number of nitrogens with one attached hydrogen (secondary N) is 1. The van der Waals surface area contributed by atoms with Gasteiger partial charge in [0.1, 0.15) is 0 Å². The van der Waals surface area contributed by atoms with Gasteiger partial charge < -0.3 is 11.1 Å². The molecule has 4 nitrogen and oxygen atoms in total. The molecule has 0 heterocycles. The molecule has 0 aromatic heterocycles. The van der Waals surface area contributed by atoms with Crippen molar-refractivity contribution in [1.82, 2.24) is 5.32 Å². The van der Waals surface area contributed by atoms with Crippen LogP contribution in [0.1, 0.15) is 19.8 Å². The quantitative estimate of drug-likeness (QED) is 0.594. The molecule has 3 N–H and O–H groups in total. The highest BCUT2D eigenvalue weighted by Gasteiger charge is 2.05. The van der Waals surface area contributed by atoms with E-state index in [9.17, 15) is 4.79 Å². The second-order valence-corrected chi connectivity index (χ2v) is 1.98. The topological polar surface area (TPSA) is 78.9 Å². The number of nitrogens with zero attached hydrogens (tertiary/aromatic N) is 1. The summed E-state index contributed by atoms with van der Waals surface area (Å²) in [6, 6.07) is 1.29. The van der Waals surface area contributed by atoms with E-state index < -0.39 is 6.03 Å². The van der Waals surface area contributed by atoms with Gasteiger partial charge in [0.15, 0.2) is 0 Å². The van der Waals surface area contributed by atoms with Gasteiger partial charge in [0.05, 0.1) is 12.5 Å². The minimum atomic E-state index is -0.567. The van der Waals surface area contributed by atoms with Crippen LogP contribution in [0.5, 0.6) is 0 Å². The molecule has 1 unspecified atom stereocenters. The molecule has 10 heavy (non-hydrogen) atoms. The van der Waals surface area contributed by atoms with E-state index in [0.717, 1.165) is 6.42 Å². The molecule has 0 aliphatic heterocycles. The van der Waals surface area contributed by atoms with Crippen molar-refractivity contribution in [2.45, 2.75) is 25.8 Å². The van der Waals surface area contributed by atoms with Crippen LogP contribution < -0.4 is 11.1 Å². The molecule has 56 valence electrons. The largest absolute Gasteiger partial charge is 0.352 e. The summed E-state index contributed by atoms with van der Waals surface area (Å²) in [6.45, 7) is 1.89. The Bertz CT molecular complexity index is 150. The van der Waals surface area contributed by atoms with Gasteiger partial charge >= 0.3 is 6.03 Å². The Morgan fingerprint density at radius 3 is 2.80 bits per heavy atom. The summed E-state index contributed by atoms with van der Waals surface area (Å²) in [6.07, 6.45) is 1.05. The summed E-state index contributed by atoms with van der Waals surface area (Å²) < 4.78 is 0. The van der Waals surface area contributed by atoms with Gasteiger partial charge in [0, 0.05) is 6.04 Å². The summed E-state index contributed by atoms with van der Waals surface area (Å²) in [5.41, 5.74) is 4.84. The van der Waals surface area contributed by atoms with E-state index in [1.54, 1.807) is 0 Å². The maximum absolute atomic E-state index is 10.2. The van der Waals surface area contributed by atoms with Gasteiger partial charge in [-0.15, -0.1) is 0 Å². The molecule has 0 aromatic rings. The highest BCUT2D eigenvalue weighted by atomic mass is 16.2. The summed E-state index contributed by atoms with van der Waals surface area (Å²) in [5.74, 6) is 0. The van der Waals surface area contributed by atoms with Crippen LogP contribution in [0.3, 0.4) is 0 Å². The van der Waals surface area contributed by atoms with Crippen molar-refractivity contribution in [1.29, 1.82) is 5.26 Å². The lowest BCUT2D eigenvalue weighted by Crippen LogP contribution is -2.37. The lowest BCUT2D eigenvalue weighted by molar-refractivity contribution is 0.245. The highest BCUT2D eigenvalue weighted by Crippen LogP contribution is 1.94. The van der Waals surface area contributed by atoms with Crippen molar-refractivity contribution < 1.29 is 4.79 Å². The zero-order valence-electron chi connectivity index (χ0n) is 5.92. The molecule has 0 spiro atoms. The number of hydrogen-bond donors (Lipinski definition) is 2. The molecule has 0 aromatic carbocycles. The molecule has 0 bridgehead atoms. The summed E-state index contributed by atoms with van der Waals surface area (Å²) >= 11 is 0. The van der Waals surface area contributed by atoms with E-state index in [-0.39, 0.29) is 6.04 Å². The minimum Gasteiger partial charge on any atom is -0.352 e. The van der Waals surface area contributed by atoms with Crippen LogP contribution in [0.4, 0.5) is 4.79 Å². The fourth-order valence-electron chi connectivity index (χ4n) is 0.609. The smallest absolute Gasteiger partial charge is 0.312 e. The van der Waals surface area contributed by atoms with E-state index in [1.807, 2.05) is 13.0 Å². The Balaban J connectivity index is 3.62. The Labute approximate surface area is 60.0 Å². The first-order chi connectivity index (χ1) is 4.70.